The quantitative estimate of drug-likeness (QED) is 0.330. The summed E-state index contributed by atoms with van der Waals surface area (Å²) in [6.07, 6.45) is -10.8. The van der Waals surface area contributed by atoms with Gasteiger partial charge in [-0.05, 0) is 47.6 Å². The van der Waals surface area contributed by atoms with E-state index in [0.29, 0.717) is 21.7 Å². The molecule has 0 aromatic carbocycles. The Morgan fingerprint density at radius 2 is 1.48 bits per heavy atom. The van der Waals surface area contributed by atoms with E-state index in [-0.39, 0.29) is 0 Å². The fourth-order valence-corrected chi connectivity index (χ4v) is 3.09. The number of hydrogen-bond donors (Lipinski definition) is 0. The molecule has 0 bridgehead atoms. The second kappa shape index (κ2) is 10.4. The van der Waals surface area contributed by atoms with Crippen molar-refractivity contribution in [1.82, 2.24) is 24.7 Å². The summed E-state index contributed by atoms with van der Waals surface area (Å²) in [6.45, 7) is 7.22. The molecule has 3 aromatic heterocycles. The van der Waals surface area contributed by atoms with Gasteiger partial charge in [0.1, 0.15) is 29.5 Å². The molecule has 0 aliphatic heterocycles. The SMILES string of the molecule is CC(C)(C)OC(=O)N(C(=O)OC(C)(C)C)c1ncnc2c1c(Oc1cc(C(F)(F)F)ccn1)nn2CC(F)(F)F. The number of anilines is 1. The van der Waals surface area contributed by atoms with Crippen molar-refractivity contribution >= 4 is 29.0 Å². The number of pyridine rings is 1. The van der Waals surface area contributed by atoms with E-state index in [0.717, 1.165) is 12.5 Å². The molecule has 0 unspecified atom stereocenters. The highest BCUT2D eigenvalue weighted by molar-refractivity contribution is 6.14. The van der Waals surface area contributed by atoms with Gasteiger partial charge < -0.3 is 14.2 Å². The van der Waals surface area contributed by atoms with Crippen LogP contribution in [-0.2, 0) is 22.2 Å². The van der Waals surface area contributed by atoms with Crippen LogP contribution in [0.25, 0.3) is 11.0 Å². The normalized spacial score (nSPS) is 12.8. The highest BCUT2D eigenvalue weighted by atomic mass is 19.4. The Labute approximate surface area is 223 Å². The van der Waals surface area contributed by atoms with Gasteiger partial charge in [0, 0.05) is 12.3 Å². The highest BCUT2D eigenvalue weighted by Gasteiger charge is 2.38. The number of amides is 2. The fraction of sp³-hybridized carbons (Fsp3) is 0.478. The van der Waals surface area contributed by atoms with Crippen molar-refractivity contribution in [3.05, 3.63) is 30.2 Å². The van der Waals surface area contributed by atoms with Crippen LogP contribution in [0.4, 0.5) is 41.7 Å². The number of carbonyl (C=O) groups excluding carboxylic acids is 2. The third-order valence-electron chi connectivity index (χ3n) is 4.43. The van der Waals surface area contributed by atoms with E-state index in [1.54, 1.807) is 0 Å². The molecule has 0 N–H and O–H groups in total. The molecular weight excluding hydrogens is 554 g/mol. The first kappa shape index (κ1) is 30.4. The lowest BCUT2D eigenvalue weighted by molar-refractivity contribution is -0.142. The molecule has 0 spiro atoms. The van der Waals surface area contributed by atoms with Gasteiger partial charge in [0.15, 0.2) is 11.5 Å². The molecule has 3 rings (SSSR count). The van der Waals surface area contributed by atoms with Crippen LogP contribution in [0, 0.1) is 0 Å². The monoisotopic (exact) mass is 578 g/mol. The van der Waals surface area contributed by atoms with Gasteiger partial charge in [-0.15, -0.1) is 5.10 Å². The first-order chi connectivity index (χ1) is 18.1. The van der Waals surface area contributed by atoms with Crippen LogP contribution in [-0.4, -0.2) is 54.3 Å². The Morgan fingerprint density at radius 1 is 0.900 bits per heavy atom. The van der Waals surface area contributed by atoms with E-state index < -0.39 is 76.5 Å². The average Bonchev–Trinajstić information content (AvgIpc) is 3.07. The lowest BCUT2D eigenvalue weighted by atomic mass is 10.2. The number of rotatable bonds is 4. The molecule has 0 aliphatic carbocycles. The summed E-state index contributed by atoms with van der Waals surface area (Å²) >= 11 is 0. The summed E-state index contributed by atoms with van der Waals surface area (Å²) in [5.41, 5.74) is -4.03. The number of imide groups is 1. The van der Waals surface area contributed by atoms with E-state index in [4.69, 9.17) is 14.2 Å². The van der Waals surface area contributed by atoms with E-state index in [9.17, 15) is 35.9 Å². The Kier molecular flexibility index (Phi) is 7.91. The summed E-state index contributed by atoms with van der Waals surface area (Å²) in [7, 11) is 0. The Morgan fingerprint density at radius 3 is 1.98 bits per heavy atom. The third-order valence-corrected chi connectivity index (χ3v) is 4.43. The second-order valence-electron chi connectivity index (χ2n) is 10.3. The largest absolute Gasteiger partial charge is 0.443 e. The molecular formula is C23H24F6N6O5. The van der Waals surface area contributed by atoms with Gasteiger partial charge in [0.05, 0.1) is 5.56 Å². The zero-order chi connectivity index (χ0) is 30.3. The van der Waals surface area contributed by atoms with Crippen LogP contribution in [0.15, 0.2) is 24.7 Å². The Hall–Kier alpha value is -4.18. The van der Waals surface area contributed by atoms with Crippen LogP contribution in [0.1, 0.15) is 47.1 Å². The summed E-state index contributed by atoms with van der Waals surface area (Å²) in [6, 6.07) is 1.13. The predicted octanol–water partition coefficient (Wildman–Crippen LogP) is 6.27. The van der Waals surface area contributed by atoms with Crippen molar-refractivity contribution in [2.75, 3.05) is 4.90 Å². The molecule has 3 heterocycles. The van der Waals surface area contributed by atoms with E-state index >= 15 is 0 Å². The van der Waals surface area contributed by atoms with Gasteiger partial charge in [0.2, 0.25) is 5.88 Å². The van der Waals surface area contributed by atoms with Gasteiger partial charge in [-0.3, -0.25) is 0 Å². The lowest BCUT2D eigenvalue weighted by Gasteiger charge is -2.28. The lowest BCUT2D eigenvalue weighted by Crippen LogP contribution is -2.44. The number of carbonyl (C=O) groups is 2. The van der Waals surface area contributed by atoms with Crippen LogP contribution in [0.5, 0.6) is 11.8 Å². The molecule has 0 atom stereocenters. The first-order valence-corrected chi connectivity index (χ1v) is 11.4. The highest BCUT2D eigenvalue weighted by Crippen LogP contribution is 2.37. The van der Waals surface area contributed by atoms with Crippen molar-refractivity contribution < 1.29 is 50.1 Å². The van der Waals surface area contributed by atoms with Crippen LogP contribution in [0.2, 0.25) is 0 Å². The number of nitrogens with zero attached hydrogens (tertiary/aromatic N) is 6. The second-order valence-corrected chi connectivity index (χ2v) is 10.3. The molecule has 17 heteroatoms. The predicted molar refractivity (Wildman–Crippen MR) is 126 cm³/mol. The van der Waals surface area contributed by atoms with Crippen molar-refractivity contribution in [2.45, 2.75) is 71.6 Å². The van der Waals surface area contributed by atoms with Crippen molar-refractivity contribution in [3.8, 4) is 11.8 Å². The zero-order valence-electron chi connectivity index (χ0n) is 22.0. The number of aromatic nitrogens is 5. The summed E-state index contributed by atoms with van der Waals surface area (Å²) < 4.78 is 95.9. The van der Waals surface area contributed by atoms with E-state index in [1.165, 1.54) is 41.5 Å². The minimum Gasteiger partial charge on any atom is -0.443 e. The van der Waals surface area contributed by atoms with Crippen LogP contribution >= 0.6 is 0 Å². The molecule has 0 saturated carbocycles. The molecule has 11 nitrogen and oxygen atoms in total. The van der Waals surface area contributed by atoms with Crippen molar-refractivity contribution in [2.24, 2.45) is 0 Å². The molecule has 0 fully saturated rings. The smallest absolute Gasteiger partial charge is 0.425 e. The van der Waals surface area contributed by atoms with Gasteiger partial charge >= 0.3 is 24.5 Å². The Bertz CT molecular complexity index is 1380. The molecule has 218 valence electrons. The summed E-state index contributed by atoms with van der Waals surface area (Å²) in [5, 5.41) is 3.15. The number of fused-ring (bicyclic) bond motifs is 1. The van der Waals surface area contributed by atoms with Gasteiger partial charge in [0.25, 0.3) is 5.88 Å². The Balaban J connectivity index is 2.27. The van der Waals surface area contributed by atoms with Crippen molar-refractivity contribution in [1.29, 1.82) is 0 Å². The fourth-order valence-electron chi connectivity index (χ4n) is 3.09. The van der Waals surface area contributed by atoms with Crippen LogP contribution < -0.4 is 9.64 Å². The summed E-state index contributed by atoms with van der Waals surface area (Å²) in [4.78, 5) is 37.9. The minimum absolute atomic E-state index is 0.298. The molecule has 2 amide bonds. The van der Waals surface area contributed by atoms with E-state index in [1.807, 2.05) is 0 Å². The summed E-state index contributed by atoms with van der Waals surface area (Å²) in [5.74, 6) is -2.15. The van der Waals surface area contributed by atoms with Crippen molar-refractivity contribution in [3.63, 3.8) is 0 Å². The maximum Gasteiger partial charge on any atom is 0.425 e. The molecule has 40 heavy (non-hydrogen) atoms. The molecule has 0 radical (unpaired) electrons. The number of halogens is 6. The molecule has 0 saturated heterocycles. The third kappa shape index (κ3) is 7.69. The van der Waals surface area contributed by atoms with Gasteiger partial charge in [-0.1, -0.05) is 0 Å². The standard InChI is InChI=1S/C23H24F6N6O5/c1-20(2,3)39-18(36)35(19(37)40-21(4,5)6)16-14-15(31-11-32-16)34(10-22(24,25)26)33-17(14)38-13-9-12(7-8-30-13)23(27,28)29/h7-9,11H,10H2,1-6H3. The maximum absolute atomic E-state index is 13.3. The minimum atomic E-state index is -4.83. The average molecular weight is 578 g/mol. The number of alkyl halides is 6. The van der Waals surface area contributed by atoms with Crippen LogP contribution in [0.3, 0.4) is 0 Å². The first-order valence-electron chi connectivity index (χ1n) is 11.4. The zero-order valence-corrected chi connectivity index (χ0v) is 22.0. The topological polar surface area (TPSA) is 122 Å². The van der Waals surface area contributed by atoms with Gasteiger partial charge in [-0.25, -0.2) is 29.2 Å². The van der Waals surface area contributed by atoms with Gasteiger partial charge in [-0.2, -0.15) is 31.2 Å². The number of hydrogen-bond acceptors (Lipinski definition) is 9. The molecule has 3 aromatic rings. The maximum atomic E-state index is 13.3. The number of ether oxygens (including phenoxy) is 3. The van der Waals surface area contributed by atoms with E-state index in [2.05, 4.69) is 20.1 Å². The molecule has 0 aliphatic rings.